The molecule has 10 heteroatoms. The number of hydrogen-bond acceptors (Lipinski definition) is 7. The van der Waals surface area contributed by atoms with Gasteiger partial charge in [0, 0.05) is 64.1 Å². The number of likely N-dealkylation sites (N-methyl/N-ethyl adjacent to an activating group) is 1. The molecule has 4 aliphatic rings. The van der Waals surface area contributed by atoms with Gasteiger partial charge < -0.3 is 24.2 Å². The fraction of sp³-hybridized carbons (Fsp3) is 0.464. The molecule has 0 N–H and O–H groups in total. The van der Waals surface area contributed by atoms with Crippen LogP contribution in [0.3, 0.4) is 0 Å². The van der Waals surface area contributed by atoms with E-state index in [-0.39, 0.29) is 16.7 Å². The molecule has 38 heavy (non-hydrogen) atoms. The summed E-state index contributed by atoms with van der Waals surface area (Å²) < 4.78 is 39.3. The molecular weight excluding hydrogens is 504 g/mol. The minimum Gasteiger partial charge on any atom is -0.486 e. The predicted octanol–water partition coefficient (Wildman–Crippen LogP) is 2.16. The molecule has 4 heterocycles. The van der Waals surface area contributed by atoms with Crippen molar-refractivity contribution in [3.8, 4) is 11.5 Å². The first-order valence-electron chi connectivity index (χ1n) is 13.2. The Morgan fingerprint density at radius 3 is 2.26 bits per heavy atom. The summed E-state index contributed by atoms with van der Waals surface area (Å²) in [5.74, 6) is 0.838. The lowest BCUT2D eigenvalue weighted by molar-refractivity contribution is -0.131. The van der Waals surface area contributed by atoms with Crippen molar-refractivity contribution in [2.75, 3.05) is 77.5 Å². The third-order valence-electron chi connectivity index (χ3n) is 8.07. The zero-order valence-corrected chi connectivity index (χ0v) is 22.7. The molecule has 0 radical (unpaired) electrons. The van der Waals surface area contributed by atoms with Gasteiger partial charge in [0.25, 0.3) is 0 Å². The van der Waals surface area contributed by atoms with Crippen molar-refractivity contribution < 1.29 is 22.7 Å². The second kappa shape index (κ2) is 9.91. The van der Waals surface area contributed by atoms with Gasteiger partial charge in [-0.1, -0.05) is 12.1 Å². The Hall–Kier alpha value is -3.08. The van der Waals surface area contributed by atoms with Gasteiger partial charge in [-0.2, -0.15) is 4.31 Å². The molecule has 202 valence electrons. The van der Waals surface area contributed by atoms with E-state index in [1.54, 1.807) is 18.2 Å². The highest BCUT2D eigenvalue weighted by Gasteiger charge is 2.39. The Labute approximate surface area is 224 Å². The van der Waals surface area contributed by atoms with Crippen LogP contribution >= 0.6 is 0 Å². The van der Waals surface area contributed by atoms with Gasteiger partial charge in [-0.15, -0.1) is 0 Å². The predicted molar refractivity (Wildman–Crippen MR) is 144 cm³/mol. The molecule has 1 saturated heterocycles. The van der Waals surface area contributed by atoms with Crippen LogP contribution in [0.4, 0.5) is 5.69 Å². The molecule has 0 spiro atoms. The molecule has 0 saturated carbocycles. The van der Waals surface area contributed by atoms with Crippen LogP contribution < -0.4 is 14.4 Å². The van der Waals surface area contributed by atoms with Crippen LogP contribution in [0.25, 0.3) is 0 Å². The first-order valence-corrected chi connectivity index (χ1v) is 14.7. The van der Waals surface area contributed by atoms with Crippen molar-refractivity contribution in [2.24, 2.45) is 0 Å². The number of rotatable bonds is 5. The van der Waals surface area contributed by atoms with E-state index in [2.05, 4.69) is 29.0 Å². The molecule has 1 fully saturated rings. The van der Waals surface area contributed by atoms with Crippen LogP contribution in [0.5, 0.6) is 11.5 Å². The van der Waals surface area contributed by atoms with E-state index >= 15 is 0 Å². The first-order chi connectivity index (χ1) is 18.3. The van der Waals surface area contributed by atoms with Crippen LogP contribution in [0, 0.1) is 0 Å². The maximum Gasteiger partial charge on any atom is 0.243 e. The minimum absolute atomic E-state index is 0.0798. The van der Waals surface area contributed by atoms with E-state index < -0.39 is 10.0 Å². The van der Waals surface area contributed by atoms with Gasteiger partial charge in [0.1, 0.15) is 13.2 Å². The number of nitrogens with zero attached hydrogens (tertiary/aromatic N) is 4. The maximum absolute atomic E-state index is 13.5. The van der Waals surface area contributed by atoms with Crippen molar-refractivity contribution in [1.29, 1.82) is 0 Å². The highest BCUT2D eigenvalue weighted by atomic mass is 32.2. The number of anilines is 1. The number of ether oxygens (including phenoxy) is 2. The van der Waals surface area contributed by atoms with E-state index in [4.69, 9.17) is 9.47 Å². The van der Waals surface area contributed by atoms with Crippen molar-refractivity contribution in [2.45, 2.75) is 17.7 Å². The zero-order valence-electron chi connectivity index (χ0n) is 21.9. The summed E-state index contributed by atoms with van der Waals surface area (Å²) in [5, 5.41) is 0. The van der Waals surface area contributed by atoms with Gasteiger partial charge in [0.05, 0.1) is 10.8 Å². The zero-order chi connectivity index (χ0) is 26.4. The smallest absolute Gasteiger partial charge is 0.243 e. The topological polar surface area (TPSA) is 82.6 Å². The standard InChI is InChI=1S/C28H34N4O5S/c1-20(21-4-3-5-24(14-21)30-10-8-29(2)9-11-30)28(33)31-16-22-18-32(19-23(22)17-31)38(34,35)25-6-7-26-27(15-25)37-13-12-36-26/h3-7,14-15,20H,8-13,16-19H2,1-2H3/t20-/m0/s1. The molecule has 4 aliphatic heterocycles. The molecule has 2 aromatic carbocycles. The van der Waals surface area contributed by atoms with Gasteiger partial charge in [0.2, 0.25) is 15.9 Å². The number of carbonyl (C=O) groups excluding carboxylic acids is 1. The summed E-state index contributed by atoms with van der Waals surface area (Å²) in [6.45, 7) is 8.42. The van der Waals surface area contributed by atoms with E-state index in [1.165, 1.54) is 4.31 Å². The summed E-state index contributed by atoms with van der Waals surface area (Å²) in [4.78, 5) is 20.2. The number of sulfonamides is 1. The summed E-state index contributed by atoms with van der Waals surface area (Å²) in [6.07, 6.45) is 0. The summed E-state index contributed by atoms with van der Waals surface area (Å²) >= 11 is 0. The number of amides is 1. The monoisotopic (exact) mass is 538 g/mol. The average molecular weight is 539 g/mol. The molecule has 0 aliphatic carbocycles. The van der Waals surface area contributed by atoms with Crippen molar-refractivity contribution >= 4 is 21.6 Å². The number of fused-ring (bicyclic) bond motifs is 1. The molecule has 2 aromatic rings. The minimum atomic E-state index is -3.69. The van der Waals surface area contributed by atoms with Gasteiger partial charge >= 0.3 is 0 Å². The number of carbonyl (C=O) groups is 1. The Bertz CT molecular complexity index is 1370. The Morgan fingerprint density at radius 1 is 0.868 bits per heavy atom. The Kier molecular flexibility index (Phi) is 6.57. The van der Waals surface area contributed by atoms with Crippen LogP contribution in [-0.4, -0.2) is 101 Å². The normalized spacial score (nSPS) is 21.1. The lowest BCUT2D eigenvalue weighted by Gasteiger charge is -2.34. The second-order valence-electron chi connectivity index (χ2n) is 10.6. The van der Waals surface area contributed by atoms with Gasteiger partial charge in [-0.25, -0.2) is 8.42 Å². The van der Waals surface area contributed by atoms with E-state index in [9.17, 15) is 13.2 Å². The number of benzene rings is 2. The summed E-state index contributed by atoms with van der Waals surface area (Å²) in [5.41, 5.74) is 4.23. The molecule has 9 nitrogen and oxygen atoms in total. The van der Waals surface area contributed by atoms with Gasteiger partial charge in [-0.3, -0.25) is 4.79 Å². The van der Waals surface area contributed by atoms with Crippen LogP contribution in [0.1, 0.15) is 18.4 Å². The molecule has 0 bridgehead atoms. The maximum atomic E-state index is 13.5. The number of hydrogen-bond donors (Lipinski definition) is 0. The Morgan fingerprint density at radius 2 is 1.55 bits per heavy atom. The van der Waals surface area contributed by atoms with Crippen molar-refractivity contribution in [3.63, 3.8) is 0 Å². The SMILES string of the molecule is C[C@H](C(=O)N1CC2=C(C1)CN(S(=O)(=O)c1ccc3c(c1)OCCO3)C2)c1cccc(N2CCN(C)CC2)c1. The largest absolute Gasteiger partial charge is 0.486 e. The highest BCUT2D eigenvalue weighted by molar-refractivity contribution is 7.89. The molecule has 0 unspecified atom stereocenters. The van der Waals surface area contributed by atoms with E-state index in [0.717, 1.165) is 48.6 Å². The molecule has 6 rings (SSSR count). The fourth-order valence-corrected chi connectivity index (χ4v) is 7.12. The molecule has 1 atom stereocenters. The molecule has 0 aromatic heterocycles. The Balaban J connectivity index is 1.09. The second-order valence-corrected chi connectivity index (χ2v) is 12.5. The lowest BCUT2D eigenvalue weighted by Crippen LogP contribution is -2.44. The fourth-order valence-electron chi connectivity index (χ4n) is 5.68. The third-order valence-corrected chi connectivity index (χ3v) is 9.86. The average Bonchev–Trinajstić information content (AvgIpc) is 3.53. The quantitative estimate of drug-likeness (QED) is 0.540. The highest BCUT2D eigenvalue weighted by Crippen LogP contribution is 2.36. The van der Waals surface area contributed by atoms with E-state index in [1.807, 2.05) is 24.0 Å². The van der Waals surface area contributed by atoms with Crippen molar-refractivity contribution in [3.05, 3.63) is 59.2 Å². The van der Waals surface area contributed by atoms with Crippen LogP contribution in [0.2, 0.25) is 0 Å². The summed E-state index contributed by atoms with van der Waals surface area (Å²) in [7, 11) is -1.54. The third kappa shape index (κ3) is 4.65. The lowest BCUT2D eigenvalue weighted by atomic mass is 9.98. The first kappa shape index (κ1) is 25.2. The van der Waals surface area contributed by atoms with Crippen LogP contribution in [0.15, 0.2) is 58.5 Å². The summed E-state index contributed by atoms with van der Waals surface area (Å²) in [6, 6.07) is 13.1. The molecule has 1 amide bonds. The van der Waals surface area contributed by atoms with Crippen LogP contribution in [-0.2, 0) is 14.8 Å². The van der Waals surface area contributed by atoms with E-state index in [0.29, 0.717) is 50.9 Å². The number of piperazine rings is 1. The van der Waals surface area contributed by atoms with Gasteiger partial charge in [0.15, 0.2) is 11.5 Å². The molecular formula is C28H34N4O5S. The van der Waals surface area contributed by atoms with Gasteiger partial charge in [-0.05, 0) is 54.9 Å². The van der Waals surface area contributed by atoms with Crippen molar-refractivity contribution in [1.82, 2.24) is 14.1 Å².